The predicted octanol–water partition coefficient (Wildman–Crippen LogP) is 2.00. The normalized spacial score (nSPS) is 10.4. The van der Waals surface area contributed by atoms with Gasteiger partial charge in [0.2, 0.25) is 0 Å². The van der Waals surface area contributed by atoms with Gasteiger partial charge in [-0.25, -0.2) is 4.98 Å². The van der Waals surface area contributed by atoms with E-state index in [1.165, 1.54) is 0 Å². The highest BCUT2D eigenvalue weighted by molar-refractivity contribution is 6.04. The van der Waals surface area contributed by atoms with Gasteiger partial charge >= 0.3 is 0 Å². The van der Waals surface area contributed by atoms with Crippen LogP contribution in [0.4, 0.5) is 5.82 Å². The van der Waals surface area contributed by atoms with Gasteiger partial charge in [-0.3, -0.25) is 4.79 Å². The van der Waals surface area contributed by atoms with E-state index in [4.69, 9.17) is 10.2 Å². The highest BCUT2D eigenvalue weighted by Crippen LogP contribution is 2.15. The Kier molecular flexibility index (Phi) is 3.43. The Labute approximate surface area is 105 Å². The average Bonchev–Trinajstić information content (AvgIpc) is 2.69. The number of pyridine rings is 1. The van der Waals surface area contributed by atoms with Crippen LogP contribution < -0.4 is 11.1 Å². The Bertz CT molecular complexity index is 558. The molecular weight excluding hydrogens is 230 g/mol. The van der Waals surface area contributed by atoms with Crippen LogP contribution in [0.1, 0.15) is 27.4 Å². The number of anilines is 1. The Morgan fingerprint density at radius 2 is 2.22 bits per heavy atom. The average molecular weight is 245 g/mol. The molecule has 94 valence electrons. The van der Waals surface area contributed by atoms with E-state index in [0.717, 1.165) is 5.56 Å². The molecule has 5 nitrogen and oxygen atoms in total. The van der Waals surface area contributed by atoms with E-state index >= 15 is 0 Å². The molecule has 2 rings (SSSR count). The van der Waals surface area contributed by atoms with E-state index in [-0.39, 0.29) is 5.91 Å². The Morgan fingerprint density at radius 1 is 1.44 bits per heavy atom. The third kappa shape index (κ3) is 2.57. The summed E-state index contributed by atoms with van der Waals surface area (Å²) in [5.74, 6) is 1.58. The number of carbonyl (C=O) groups excluding carboxylic acids is 1. The van der Waals surface area contributed by atoms with Crippen molar-refractivity contribution in [3.05, 3.63) is 47.0 Å². The summed E-state index contributed by atoms with van der Waals surface area (Å²) >= 11 is 0. The zero-order chi connectivity index (χ0) is 13.1. The standard InChI is InChI=1S/C13H15N3O2/c1-8-5-11(9(2)18-8)13(17)16-12-4-3-10(6-14)7-15-12/h3-5,7H,6,14H2,1-2H3,(H,15,16,17). The third-order valence-corrected chi connectivity index (χ3v) is 2.59. The lowest BCUT2D eigenvalue weighted by Gasteiger charge is -2.04. The van der Waals surface area contributed by atoms with Gasteiger partial charge in [0.25, 0.3) is 5.91 Å². The summed E-state index contributed by atoms with van der Waals surface area (Å²) < 4.78 is 5.31. The van der Waals surface area contributed by atoms with Crippen LogP contribution in [0.5, 0.6) is 0 Å². The molecule has 5 heteroatoms. The van der Waals surface area contributed by atoms with E-state index < -0.39 is 0 Å². The number of nitrogens with one attached hydrogen (secondary N) is 1. The van der Waals surface area contributed by atoms with Gasteiger partial charge in [0.1, 0.15) is 17.3 Å². The topological polar surface area (TPSA) is 81.2 Å². The van der Waals surface area contributed by atoms with Crippen LogP contribution in [-0.2, 0) is 6.54 Å². The fourth-order valence-electron chi connectivity index (χ4n) is 1.66. The molecule has 2 aromatic heterocycles. The van der Waals surface area contributed by atoms with Crippen LogP contribution in [0.15, 0.2) is 28.8 Å². The second-order valence-electron chi connectivity index (χ2n) is 4.04. The molecule has 0 aliphatic carbocycles. The zero-order valence-electron chi connectivity index (χ0n) is 10.4. The van der Waals surface area contributed by atoms with Gasteiger partial charge < -0.3 is 15.5 Å². The maximum absolute atomic E-state index is 12.0. The quantitative estimate of drug-likeness (QED) is 0.866. The summed E-state index contributed by atoms with van der Waals surface area (Å²) in [6.07, 6.45) is 1.64. The van der Waals surface area contributed by atoms with E-state index in [0.29, 0.717) is 29.4 Å². The Morgan fingerprint density at radius 3 is 2.72 bits per heavy atom. The highest BCUT2D eigenvalue weighted by Gasteiger charge is 2.13. The van der Waals surface area contributed by atoms with E-state index in [2.05, 4.69) is 10.3 Å². The van der Waals surface area contributed by atoms with Gasteiger partial charge in [-0.05, 0) is 31.5 Å². The molecule has 2 aromatic rings. The Balaban J connectivity index is 2.13. The lowest BCUT2D eigenvalue weighted by Crippen LogP contribution is -2.13. The molecule has 3 N–H and O–H groups in total. The van der Waals surface area contributed by atoms with Gasteiger partial charge in [-0.2, -0.15) is 0 Å². The number of nitrogens with two attached hydrogens (primary N) is 1. The molecule has 0 saturated carbocycles. The number of amides is 1. The summed E-state index contributed by atoms with van der Waals surface area (Å²) in [5, 5.41) is 2.71. The van der Waals surface area contributed by atoms with Crippen molar-refractivity contribution in [2.24, 2.45) is 5.73 Å². The van der Waals surface area contributed by atoms with Crippen LogP contribution in [0.25, 0.3) is 0 Å². The molecule has 0 saturated heterocycles. The third-order valence-electron chi connectivity index (χ3n) is 2.59. The lowest BCUT2D eigenvalue weighted by molar-refractivity contribution is 0.102. The number of aromatic nitrogens is 1. The molecule has 0 atom stereocenters. The van der Waals surface area contributed by atoms with Crippen LogP contribution in [-0.4, -0.2) is 10.9 Å². The molecule has 0 aromatic carbocycles. The van der Waals surface area contributed by atoms with Gasteiger partial charge in [-0.1, -0.05) is 6.07 Å². The van der Waals surface area contributed by atoms with Crippen LogP contribution in [0.2, 0.25) is 0 Å². The molecule has 0 aliphatic rings. The smallest absolute Gasteiger partial charge is 0.260 e. The first-order valence-corrected chi connectivity index (χ1v) is 5.63. The number of carbonyl (C=O) groups is 1. The molecule has 0 unspecified atom stereocenters. The molecule has 0 fully saturated rings. The fourth-order valence-corrected chi connectivity index (χ4v) is 1.66. The van der Waals surface area contributed by atoms with Crippen molar-refractivity contribution < 1.29 is 9.21 Å². The minimum Gasteiger partial charge on any atom is -0.466 e. The molecule has 0 radical (unpaired) electrons. The maximum atomic E-state index is 12.0. The van der Waals surface area contributed by atoms with Gasteiger partial charge in [-0.15, -0.1) is 0 Å². The summed E-state index contributed by atoms with van der Waals surface area (Å²) in [5.41, 5.74) is 6.92. The largest absolute Gasteiger partial charge is 0.466 e. The van der Waals surface area contributed by atoms with Crippen LogP contribution in [0.3, 0.4) is 0 Å². The van der Waals surface area contributed by atoms with Crippen LogP contribution in [0, 0.1) is 13.8 Å². The summed E-state index contributed by atoms with van der Waals surface area (Å²) in [6.45, 7) is 3.99. The summed E-state index contributed by atoms with van der Waals surface area (Å²) in [6, 6.07) is 5.26. The van der Waals surface area contributed by atoms with Crippen molar-refractivity contribution in [1.82, 2.24) is 4.98 Å². The second-order valence-corrected chi connectivity index (χ2v) is 4.04. The number of hydrogen-bond donors (Lipinski definition) is 2. The van der Waals surface area contributed by atoms with Gasteiger partial charge in [0, 0.05) is 12.7 Å². The fraction of sp³-hybridized carbons (Fsp3) is 0.231. The van der Waals surface area contributed by atoms with Gasteiger partial charge in [0.15, 0.2) is 0 Å². The lowest BCUT2D eigenvalue weighted by atomic mass is 10.2. The van der Waals surface area contributed by atoms with Crippen molar-refractivity contribution in [3.63, 3.8) is 0 Å². The first-order valence-electron chi connectivity index (χ1n) is 5.63. The highest BCUT2D eigenvalue weighted by atomic mass is 16.3. The van der Waals surface area contributed by atoms with E-state index in [1.54, 1.807) is 32.2 Å². The monoisotopic (exact) mass is 245 g/mol. The summed E-state index contributed by atoms with van der Waals surface area (Å²) in [7, 11) is 0. The maximum Gasteiger partial charge on any atom is 0.260 e. The first kappa shape index (κ1) is 12.3. The molecule has 0 spiro atoms. The van der Waals surface area contributed by atoms with Crippen molar-refractivity contribution in [1.29, 1.82) is 0 Å². The second kappa shape index (κ2) is 5.01. The number of furan rings is 1. The number of hydrogen-bond acceptors (Lipinski definition) is 4. The van der Waals surface area contributed by atoms with E-state index in [1.807, 2.05) is 6.07 Å². The molecule has 0 bridgehead atoms. The molecule has 18 heavy (non-hydrogen) atoms. The van der Waals surface area contributed by atoms with Crippen molar-refractivity contribution in [2.75, 3.05) is 5.32 Å². The molecule has 2 heterocycles. The predicted molar refractivity (Wildman–Crippen MR) is 68.3 cm³/mol. The first-order chi connectivity index (χ1) is 8.60. The molecular formula is C13H15N3O2. The van der Waals surface area contributed by atoms with Gasteiger partial charge in [0.05, 0.1) is 5.56 Å². The number of aryl methyl sites for hydroxylation is 2. The minimum absolute atomic E-state index is 0.225. The number of rotatable bonds is 3. The summed E-state index contributed by atoms with van der Waals surface area (Å²) in [4.78, 5) is 16.1. The SMILES string of the molecule is Cc1cc(C(=O)Nc2ccc(CN)cn2)c(C)o1. The minimum atomic E-state index is -0.225. The molecule has 0 aliphatic heterocycles. The van der Waals surface area contributed by atoms with Crippen LogP contribution >= 0.6 is 0 Å². The molecule has 1 amide bonds. The Hall–Kier alpha value is -2.14. The zero-order valence-corrected chi connectivity index (χ0v) is 10.4. The number of nitrogens with zero attached hydrogens (tertiary/aromatic N) is 1. The van der Waals surface area contributed by atoms with Crippen molar-refractivity contribution in [3.8, 4) is 0 Å². The van der Waals surface area contributed by atoms with Crippen molar-refractivity contribution >= 4 is 11.7 Å². The van der Waals surface area contributed by atoms with Crippen molar-refractivity contribution in [2.45, 2.75) is 20.4 Å². The van der Waals surface area contributed by atoms with E-state index in [9.17, 15) is 4.79 Å².